The first-order valence-corrected chi connectivity index (χ1v) is 5.64. The Morgan fingerprint density at radius 2 is 1.73 bits per heavy atom. The summed E-state index contributed by atoms with van der Waals surface area (Å²) in [7, 11) is 0. The maximum atomic E-state index is 5.59. The van der Waals surface area contributed by atoms with Crippen molar-refractivity contribution < 1.29 is 9.47 Å². The standard InChI is InChI=1S/C13H18O2/c1-4-10-7-12-13(15-6-5-14-12)8-11(10)9(2)3/h7-9H,4-6H2,1-3H3. The van der Waals surface area contributed by atoms with Crippen LogP contribution in [0.1, 0.15) is 37.8 Å². The fourth-order valence-corrected chi connectivity index (χ4v) is 1.99. The number of fused-ring (bicyclic) bond motifs is 1. The highest BCUT2D eigenvalue weighted by Crippen LogP contribution is 2.35. The summed E-state index contributed by atoms with van der Waals surface area (Å²) in [5.74, 6) is 2.35. The van der Waals surface area contributed by atoms with Gasteiger partial charge in [0.25, 0.3) is 0 Å². The Morgan fingerprint density at radius 1 is 1.13 bits per heavy atom. The predicted molar refractivity (Wildman–Crippen MR) is 60.9 cm³/mol. The van der Waals surface area contributed by atoms with E-state index in [9.17, 15) is 0 Å². The fourth-order valence-electron chi connectivity index (χ4n) is 1.99. The molecule has 1 aliphatic rings. The molecule has 0 spiro atoms. The Kier molecular flexibility index (Phi) is 2.85. The van der Waals surface area contributed by atoms with Gasteiger partial charge in [0.05, 0.1) is 0 Å². The zero-order chi connectivity index (χ0) is 10.8. The molecule has 0 bridgehead atoms. The summed E-state index contributed by atoms with van der Waals surface area (Å²) in [6.07, 6.45) is 1.05. The van der Waals surface area contributed by atoms with Crippen LogP contribution in [0.3, 0.4) is 0 Å². The van der Waals surface area contributed by atoms with Crippen LogP contribution in [0.2, 0.25) is 0 Å². The molecule has 1 aromatic carbocycles. The molecular formula is C13H18O2. The van der Waals surface area contributed by atoms with Crippen LogP contribution in [-0.2, 0) is 6.42 Å². The molecule has 15 heavy (non-hydrogen) atoms. The van der Waals surface area contributed by atoms with Gasteiger partial charge in [-0.3, -0.25) is 0 Å². The second-order valence-corrected chi connectivity index (χ2v) is 4.20. The molecule has 0 aliphatic carbocycles. The van der Waals surface area contributed by atoms with Crippen LogP contribution >= 0.6 is 0 Å². The van der Waals surface area contributed by atoms with E-state index in [0.29, 0.717) is 19.1 Å². The normalized spacial score (nSPS) is 14.4. The number of rotatable bonds is 2. The van der Waals surface area contributed by atoms with Crippen molar-refractivity contribution in [2.24, 2.45) is 0 Å². The van der Waals surface area contributed by atoms with Gasteiger partial charge in [-0.25, -0.2) is 0 Å². The van der Waals surface area contributed by atoms with E-state index in [-0.39, 0.29) is 0 Å². The zero-order valence-electron chi connectivity index (χ0n) is 9.67. The maximum Gasteiger partial charge on any atom is 0.161 e. The summed E-state index contributed by atoms with van der Waals surface area (Å²) in [4.78, 5) is 0. The van der Waals surface area contributed by atoms with Gasteiger partial charge >= 0.3 is 0 Å². The average Bonchev–Trinajstić information content (AvgIpc) is 2.27. The van der Waals surface area contributed by atoms with E-state index in [0.717, 1.165) is 17.9 Å². The van der Waals surface area contributed by atoms with Crippen LogP contribution in [0, 0.1) is 0 Å². The predicted octanol–water partition coefficient (Wildman–Crippen LogP) is 3.14. The molecular weight excluding hydrogens is 188 g/mol. The highest BCUT2D eigenvalue weighted by Gasteiger charge is 2.16. The van der Waals surface area contributed by atoms with Gasteiger partial charge < -0.3 is 9.47 Å². The number of hydrogen-bond donors (Lipinski definition) is 0. The largest absolute Gasteiger partial charge is 0.486 e. The van der Waals surface area contributed by atoms with E-state index in [1.807, 2.05) is 0 Å². The monoisotopic (exact) mass is 206 g/mol. The third-order valence-electron chi connectivity index (χ3n) is 2.81. The smallest absolute Gasteiger partial charge is 0.161 e. The van der Waals surface area contributed by atoms with Crippen LogP contribution in [0.4, 0.5) is 0 Å². The van der Waals surface area contributed by atoms with E-state index < -0.39 is 0 Å². The van der Waals surface area contributed by atoms with E-state index >= 15 is 0 Å². The lowest BCUT2D eigenvalue weighted by Crippen LogP contribution is -2.16. The highest BCUT2D eigenvalue weighted by atomic mass is 16.6. The lowest BCUT2D eigenvalue weighted by molar-refractivity contribution is 0.171. The molecule has 2 rings (SSSR count). The quantitative estimate of drug-likeness (QED) is 0.740. The van der Waals surface area contributed by atoms with Gasteiger partial charge in [-0.15, -0.1) is 0 Å². The molecule has 0 fully saturated rings. The summed E-state index contributed by atoms with van der Waals surface area (Å²) in [5, 5.41) is 0. The van der Waals surface area contributed by atoms with E-state index in [4.69, 9.17) is 9.47 Å². The lowest BCUT2D eigenvalue weighted by atomic mass is 9.95. The molecule has 0 unspecified atom stereocenters. The first-order valence-electron chi connectivity index (χ1n) is 5.64. The van der Waals surface area contributed by atoms with Gasteiger partial charge in [0, 0.05) is 0 Å². The molecule has 0 aromatic heterocycles. The van der Waals surface area contributed by atoms with Gasteiger partial charge in [-0.1, -0.05) is 20.8 Å². The first kappa shape index (κ1) is 10.3. The van der Waals surface area contributed by atoms with Gasteiger partial charge in [0.2, 0.25) is 0 Å². The second-order valence-electron chi connectivity index (χ2n) is 4.20. The third kappa shape index (κ3) is 1.94. The number of aryl methyl sites for hydroxylation is 1. The van der Waals surface area contributed by atoms with Crippen molar-refractivity contribution in [1.82, 2.24) is 0 Å². The lowest BCUT2D eigenvalue weighted by Gasteiger charge is -2.22. The minimum atomic E-state index is 0.538. The Balaban J connectivity index is 2.46. The Labute approximate surface area is 91.2 Å². The maximum absolute atomic E-state index is 5.59. The van der Waals surface area contributed by atoms with Crippen molar-refractivity contribution >= 4 is 0 Å². The molecule has 0 radical (unpaired) electrons. The Bertz CT molecular complexity index is 356. The minimum Gasteiger partial charge on any atom is -0.486 e. The van der Waals surface area contributed by atoms with Crippen LogP contribution in [0.15, 0.2) is 12.1 Å². The van der Waals surface area contributed by atoms with E-state index in [1.165, 1.54) is 11.1 Å². The molecule has 82 valence electrons. The van der Waals surface area contributed by atoms with Crippen LogP contribution in [0.25, 0.3) is 0 Å². The molecule has 1 aliphatic heterocycles. The summed E-state index contributed by atoms with van der Waals surface area (Å²) in [6, 6.07) is 4.27. The summed E-state index contributed by atoms with van der Waals surface area (Å²) in [6.45, 7) is 7.93. The van der Waals surface area contributed by atoms with Gasteiger partial charge in [-0.05, 0) is 35.6 Å². The first-order chi connectivity index (χ1) is 7.22. The molecule has 0 saturated heterocycles. The van der Waals surface area contributed by atoms with E-state index in [1.54, 1.807) is 0 Å². The average molecular weight is 206 g/mol. The number of ether oxygens (including phenoxy) is 2. The highest BCUT2D eigenvalue weighted by molar-refractivity contribution is 5.49. The van der Waals surface area contributed by atoms with Crippen molar-refractivity contribution in [2.45, 2.75) is 33.1 Å². The molecule has 0 atom stereocenters. The van der Waals surface area contributed by atoms with Gasteiger partial charge in [0.15, 0.2) is 11.5 Å². The fraction of sp³-hybridized carbons (Fsp3) is 0.538. The van der Waals surface area contributed by atoms with Crippen LogP contribution in [-0.4, -0.2) is 13.2 Å². The van der Waals surface area contributed by atoms with Crippen molar-refractivity contribution in [1.29, 1.82) is 0 Å². The van der Waals surface area contributed by atoms with Crippen molar-refractivity contribution in [3.8, 4) is 11.5 Å². The molecule has 2 heteroatoms. The van der Waals surface area contributed by atoms with E-state index in [2.05, 4.69) is 32.9 Å². The van der Waals surface area contributed by atoms with Gasteiger partial charge in [-0.2, -0.15) is 0 Å². The molecule has 2 nitrogen and oxygen atoms in total. The SMILES string of the molecule is CCc1cc2c(cc1C(C)C)OCCO2. The summed E-state index contributed by atoms with van der Waals surface area (Å²) >= 11 is 0. The third-order valence-corrected chi connectivity index (χ3v) is 2.81. The van der Waals surface area contributed by atoms with Crippen molar-refractivity contribution in [3.05, 3.63) is 23.3 Å². The van der Waals surface area contributed by atoms with Crippen molar-refractivity contribution in [3.63, 3.8) is 0 Å². The topological polar surface area (TPSA) is 18.5 Å². The molecule has 1 aromatic rings. The molecule has 0 saturated carbocycles. The molecule has 0 amide bonds. The van der Waals surface area contributed by atoms with Crippen LogP contribution < -0.4 is 9.47 Å². The second kappa shape index (κ2) is 4.13. The Morgan fingerprint density at radius 3 is 2.27 bits per heavy atom. The van der Waals surface area contributed by atoms with Gasteiger partial charge in [0.1, 0.15) is 13.2 Å². The summed E-state index contributed by atoms with van der Waals surface area (Å²) < 4.78 is 11.2. The number of hydrogen-bond acceptors (Lipinski definition) is 2. The number of benzene rings is 1. The molecule has 1 heterocycles. The molecule has 0 N–H and O–H groups in total. The zero-order valence-corrected chi connectivity index (χ0v) is 9.67. The van der Waals surface area contributed by atoms with Crippen molar-refractivity contribution in [2.75, 3.05) is 13.2 Å². The Hall–Kier alpha value is -1.18. The minimum absolute atomic E-state index is 0.538. The summed E-state index contributed by atoms with van der Waals surface area (Å²) in [5.41, 5.74) is 2.75. The van der Waals surface area contributed by atoms with Crippen LogP contribution in [0.5, 0.6) is 11.5 Å².